The first-order chi connectivity index (χ1) is 12.3. The minimum Gasteiger partial charge on any atom is -0.478 e. The van der Waals surface area contributed by atoms with Gasteiger partial charge >= 0.3 is 0 Å². The van der Waals surface area contributed by atoms with Crippen molar-refractivity contribution in [3.8, 4) is 5.75 Å². The van der Waals surface area contributed by atoms with Gasteiger partial charge in [-0.1, -0.05) is 13.0 Å². The van der Waals surface area contributed by atoms with Gasteiger partial charge in [0, 0.05) is 17.8 Å². The summed E-state index contributed by atoms with van der Waals surface area (Å²) in [6.07, 6.45) is 0.844. The monoisotopic (exact) mass is 358 g/mol. The third kappa shape index (κ3) is 5.31. The number of amides is 2. The van der Waals surface area contributed by atoms with Gasteiger partial charge < -0.3 is 15.4 Å². The highest BCUT2D eigenvalue weighted by Gasteiger charge is 2.30. The molecule has 5 nitrogen and oxygen atoms in total. The molecule has 0 aliphatic heterocycles. The largest absolute Gasteiger partial charge is 0.478 e. The van der Waals surface area contributed by atoms with Gasteiger partial charge in [-0.2, -0.15) is 0 Å². The van der Waals surface area contributed by atoms with Crippen molar-refractivity contribution in [2.45, 2.75) is 32.8 Å². The predicted octanol–water partition coefficient (Wildman–Crippen LogP) is 3.76. The molecule has 138 valence electrons. The zero-order valence-electron chi connectivity index (χ0n) is 15.1. The molecule has 0 heterocycles. The number of benzene rings is 2. The molecule has 2 aromatic carbocycles. The van der Waals surface area contributed by atoms with Gasteiger partial charge in [0.1, 0.15) is 11.6 Å². The lowest BCUT2D eigenvalue weighted by Gasteiger charge is -2.25. The first kappa shape index (κ1) is 19.4. The van der Waals surface area contributed by atoms with Crippen molar-refractivity contribution in [3.05, 3.63) is 59.9 Å². The average Bonchev–Trinajstić information content (AvgIpc) is 2.61. The number of rotatable bonds is 7. The van der Waals surface area contributed by atoms with Crippen molar-refractivity contribution in [2.24, 2.45) is 0 Å². The Hall–Kier alpha value is -2.89. The van der Waals surface area contributed by atoms with Gasteiger partial charge in [0.2, 0.25) is 0 Å². The number of hydrogen-bond donors (Lipinski definition) is 2. The molecule has 2 N–H and O–H groups in total. The molecule has 26 heavy (non-hydrogen) atoms. The number of halogens is 1. The van der Waals surface area contributed by atoms with Crippen molar-refractivity contribution in [1.29, 1.82) is 0 Å². The molecular formula is C20H23FN2O3. The van der Waals surface area contributed by atoms with Crippen LogP contribution in [-0.4, -0.2) is 24.0 Å². The number of carbonyl (C=O) groups is 2. The van der Waals surface area contributed by atoms with E-state index in [0.717, 1.165) is 6.42 Å². The molecule has 0 aliphatic carbocycles. The van der Waals surface area contributed by atoms with Gasteiger partial charge in [-0.25, -0.2) is 4.39 Å². The van der Waals surface area contributed by atoms with Crippen LogP contribution < -0.4 is 15.4 Å². The number of ether oxygens (including phenoxy) is 1. The van der Waals surface area contributed by atoms with Crippen LogP contribution in [0, 0.1) is 5.82 Å². The van der Waals surface area contributed by atoms with Gasteiger partial charge in [0.15, 0.2) is 5.60 Å². The lowest BCUT2D eigenvalue weighted by molar-refractivity contribution is -0.128. The summed E-state index contributed by atoms with van der Waals surface area (Å²) in [6.45, 7) is 5.79. The fourth-order valence-electron chi connectivity index (χ4n) is 2.20. The SMILES string of the molecule is CCCNC(=O)c1cccc(NC(=O)C(C)(C)Oc2ccc(F)cc2)c1. The van der Waals surface area contributed by atoms with Gasteiger partial charge in [-0.3, -0.25) is 9.59 Å². The summed E-state index contributed by atoms with van der Waals surface area (Å²) in [6, 6.07) is 12.1. The van der Waals surface area contributed by atoms with Crippen LogP contribution in [0.1, 0.15) is 37.6 Å². The molecule has 0 saturated carbocycles. The first-order valence-corrected chi connectivity index (χ1v) is 8.46. The van der Waals surface area contributed by atoms with E-state index in [1.165, 1.54) is 24.3 Å². The number of nitrogens with one attached hydrogen (secondary N) is 2. The summed E-state index contributed by atoms with van der Waals surface area (Å²) in [5, 5.41) is 5.54. The molecule has 0 saturated heterocycles. The highest BCUT2D eigenvalue weighted by molar-refractivity contribution is 5.99. The number of carbonyl (C=O) groups excluding carboxylic acids is 2. The van der Waals surface area contributed by atoms with Crippen LogP contribution in [0.2, 0.25) is 0 Å². The summed E-state index contributed by atoms with van der Waals surface area (Å²) in [5.41, 5.74) is -0.221. The Balaban J connectivity index is 2.05. The average molecular weight is 358 g/mol. The van der Waals surface area contributed by atoms with Crippen LogP contribution in [0.3, 0.4) is 0 Å². The second-order valence-corrected chi connectivity index (χ2v) is 6.36. The molecule has 0 spiro atoms. The quantitative estimate of drug-likeness (QED) is 0.792. The molecule has 0 fully saturated rings. The molecule has 6 heteroatoms. The third-order valence-corrected chi connectivity index (χ3v) is 3.65. The van der Waals surface area contributed by atoms with Crippen molar-refractivity contribution in [2.75, 3.05) is 11.9 Å². The fraction of sp³-hybridized carbons (Fsp3) is 0.300. The molecule has 2 amide bonds. The van der Waals surface area contributed by atoms with Crippen LogP contribution in [-0.2, 0) is 4.79 Å². The maximum Gasteiger partial charge on any atom is 0.267 e. The Morgan fingerprint density at radius 3 is 2.46 bits per heavy atom. The first-order valence-electron chi connectivity index (χ1n) is 8.46. The summed E-state index contributed by atoms with van der Waals surface area (Å²) in [5.74, 6) is -0.560. The second kappa shape index (κ2) is 8.47. The topological polar surface area (TPSA) is 67.4 Å². The molecule has 0 radical (unpaired) electrons. The molecular weight excluding hydrogens is 335 g/mol. The van der Waals surface area contributed by atoms with E-state index in [9.17, 15) is 14.0 Å². The lowest BCUT2D eigenvalue weighted by Crippen LogP contribution is -2.42. The van der Waals surface area contributed by atoms with Crippen molar-refractivity contribution in [1.82, 2.24) is 5.32 Å². The molecule has 0 atom stereocenters. The van der Waals surface area contributed by atoms with E-state index in [4.69, 9.17) is 4.74 Å². The Morgan fingerprint density at radius 1 is 1.12 bits per heavy atom. The Labute approximate surface area is 152 Å². The van der Waals surface area contributed by atoms with Gasteiger partial charge in [0.25, 0.3) is 11.8 Å². The third-order valence-electron chi connectivity index (χ3n) is 3.65. The maximum absolute atomic E-state index is 13.0. The Bertz CT molecular complexity index is 773. The number of anilines is 1. The zero-order chi connectivity index (χ0) is 19.2. The normalized spacial score (nSPS) is 10.9. The van der Waals surface area contributed by atoms with Gasteiger partial charge in [0.05, 0.1) is 0 Å². The standard InChI is InChI=1S/C20H23FN2O3/c1-4-12-22-18(24)14-6-5-7-16(13-14)23-19(25)20(2,3)26-17-10-8-15(21)9-11-17/h5-11,13H,4,12H2,1-3H3,(H,22,24)(H,23,25). The van der Waals surface area contributed by atoms with E-state index < -0.39 is 5.60 Å². The highest BCUT2D eigenvalue weighted by Crippen LogP contribution is 2.21. The Kier molecular flexibility index (Phi) is 6.33. The fourth-order valence-corrected chi connectivity index (χ4v) is 2.20. The van der Waals surface area contributed by atoms with Crippen LogP contribution >= 0.6 is 0 Å². The van der Waals surface area contributed by atoms with E-state index in [-0.39, 0.29) is 17.6 Å². The minimum absolute atomic E-state index is 0.190. The summed E-state index contributed by atoms with van der Waals surface area (Å²) in [4.78, 5) is 24.6. The van der Waals surface area contributed by atoms with E-state index in [1.54, 1.807) is 38.1 Å². The van der Waals surface area contributed by atoms with Gasteiger partial charge in [-0.05, 0) is 62.7 Å². The van der Waals surface area contributed by atoms with E-state index in [0.29, 0.717) is 23.5 Å². The molecule has 2 aromatic rings. The summed E-state index contributed by atoms with van der Waals surface area (Å²) < 4.78 is 18.6. The van der Waals surface area contributed by atoms with Crippen molar-refractivity contribution >= 4 is 17.5 Å². The predicted molar refractivity (Wildman–Crippen MR) is 98.8 cm³/mol. The lowest BCUT2D eigenvalue weighted by atomic mass is 10.1. The van der Waals surface area contributed by atoms with Crippen LogP contribution in [0.25, 0.3) is 0 Å². The smallest absolute Gasteiger partial charge is 0.267 e. The van der Waals surface area contributed by atoms with E-state index >= 15 is 0 Å². The van der Waals surface area contributed by atoms with Crippen molar-refractivity contribution < 1.29 is 18.7 Å². The van der Waals surface area contributed by atoms with Crippen LogP contribution in [0.4, 0.5) is 10.1 Å². The van der Waals surface area contributed by atoms with Crippen LogP contribution in [0.15, 0.2) is 48.5 Å². The molecule has 2 rings (SSSR count). The highest BCUT2D eigenvalue weighted by atomic mass is 19.1. The molecule has 0 aliphatic rings. The van der Waals surface area contributed by atoms with E-state index in [1.807, 2.05) is 6.92 Å². The zero-order valence-corrected chi connectivity index (χ0v) is 15.1. The maximum atomic E-state index is 13.0. The van der Waals surface area contributed by atoms with Crippen LogP contribution in [0.5, 0.6) is 5.75 Å². The molecule has 0 bridgehead atoms. The second-order valence-electron chi connectivity index (χ2n) is 6.36. The molecule has 0 aromatic heterocycles. The molecule has 0 unspecified atom stereocenters. The number of hydrogen-bond acceptors (Lipinski definition) is 3. The summed E-state index contributed by atoms with van der Waals surface area (Å²) in [7, 11) is 0. The van der Waals surface area contributed by atoms with Crippen molar-refractivity contribution in [3.63, 3.8) is 0 Å². The van der Waals surface area contributed by atoms with Gasteiger partial charge in [-0.15, -0.1) is 0 Å². The summed E-state index contributed by atoms with van der Waals surface area (Å²) >= 11 is 0. The minimum atomic E-state index is -1.18. The Morgan fingerprint density at radius 2 is 1.81 bits per heavy atom. The van der Waals surface area contributed by atoms with E-state index in [2.05, 4.69) is 10.6 Å².